The second-order valence-corrected chi connectivity index (χ2v) is 39.4. The Morgan fingerprint density at radius 1 is 0.468 bits per heavy atom. The average Bonchev–Trinajstić information content (AvgIpc) is 1.64. The Bertz CT molecular complexity index is 5520. The zero-order valence-corrected chi connectivity index (χ0v) is 74.8. The number of unbranched alkanes of at least 4 members (excludes halogenated alkanes) is 2. The fourth-order valence-corrected chi connectivity index (χ4v) is 22.2. The van der Waals surface area contributed by atoms with E-state index in [0.717, 1.165) is 161 Å². The molecule has 1 aliphatic carbocycles. The molecule has 4 saturated heterocycles. The maximum atomic E-state index is 14.8. The normalized spacial score (nSPS) is 19.7. The van der Waals surface area contributed by atoms with Crippen LogP contribution in [-0.4, -0.2) is 228 Å². The first-order valence-corrected chi connectivity index (χ1v) is 46.8. The number of alkyl halides is 5. The molecule has 8 aromatic rings. The third-order valence-electron chi connectivity index (χ3n) is 27.8. The number of nitrogens with zero attached hydrogens (tertiary/aromatic N) is 12. The number of hydrogen-bond acceptors (Lipinski definition) is 14. The van der Waals surface area contributed by atoms with Crippen LogP contribution in [0, 0.1) is 11.2 Å². The van der Waals surface area contributed by atoms with E-state index in [1.807, 2.05) is 49.9 Å². The van der Waals surface area contributed by atoms with E-state index in [1.54, 1.807) is 32.2 Å². The number of benzene rings is 4. The molecule has 23 nitrogen and oxygen atoms in total. The van der Waals surface area contributed by atoms with Crippen molar-refractivity contribution in [3.05, 3.63) is 217 Å². The van der Waals surface area contributed by atoms with Crippen molar-refractivity contribution in [3.8, 4) is 5.75 Å². The third kappa shape index (κ3) is 17.6. The van der Waals surface area contributed by atoms with E-state index >= 15 is 0 Å². The van der Waals surface area contributed by atoms with E-state index < -0.39 is 59.6 Å². The van der Waals surface area contributed by atoms with Crippen LogP contribution in [0.15, 0.2) is 143 Å². The highest BCUT2D eigenvalue weighted by Gasteiger charge is 2.53. The number of aromatic hydroxyl groups is 1. The van der Waals surface area contributed by atoms with Gasteiger partial charge in [0, 0.05) is 164 Å². The first-order valence-electron chi connectivity index (χ1n) is 42.6. The number of likely N-dealkylation sites (tertiary alicyclic amines) is 4. The van der Waals surface area contributed by atoms with Gasteiger partial charge in [-0.1, -0.05) is 80.5 Å². The van der Waals surface area contributed by atoms with E-state index in [-0.39, 0.29) is 113 Å². The highest BCUT2D eigenvalue weighted by molar-refractivity contribution is 7.91. The predicted molar refractivity (Wildman–Crippen MR) is 464 cm³/mol. The summed E-state index contributed by atoms with van der Waals surface area (Å²) in [6, 6.07) is 36.0. The minimum absolute atomic E-state index is 0. The molecule has 17 rings (SSSR count). The van der Waals surface area contributed by atoms with Gasteiger partial charge in [0.15, 0.2) is 5.78 Å². The van der Waals surface area contributed by atoms with E-state index in [4.69, 9.17) is 34.8 Å². The van der Waals surface area contributed by atoms with Gasteiger partial charge in [-0.3, -0.25) is 43.6 Å². The van der Waals surface area contributed by atoms with E-state index in [9.17, 15) is 72.3 Å². The number of nitrogens with one attached hydrogen (secondary N) is 1. The number of ketones is 1. The number of carbonyl (C=O) groups excluding carboxylic acids is 5. The summed E-state index contributed by atoms with van der Waals surface area (Å²) in [7, 11) is -0.101. The number of carbonyl (C=O) groups is 5. The second kappa shape index (κ2) is 36.3. The van der Waals surface area contributed by atoms with Gasteiger partial charge in [0.1, 0.15) is 27.6 Å². The SMILES string of the molecule is CCCCCc1ccc(C(=O)N2CCC3(CC2)c2ccc(Cl)n2CCN3C)cc1.CCNS(=O)(=O)c1ccc(C(=O)N2CCC3(CC2)c2ccc(Cl)n2CCN3C)cc1.CN1CCn2c(C(=O)C3(C)CC3)ccc2C12CCN(C(=O)c1ccc(O)c(Cl)c1)CC2.CN1CCn2c(C(F)(F)F)cc(F)c2C12CCN(C(=O)c1ccc(S(=O)(=O)C(F)F)cc1)CC2.[HH]. The van der Waals surface area contributed by atoms with Gasteiger partial charge in [-0.2, -0.15) is 22.0 Å². The van der Waals surface area contributed by atoms with Crippen LogP contribution in [0.2, 0.25) is 15.3 Å². The van der Waals surface area contributed by atoms with Gasteiger partial charge in [-0.15, -0.1) is 0 Å². The van der Waals surface area contributed by atoms with E-state index in [0.29, 0.717) is 49.9 Å². The number of phenols is 1. The molecular formula is C90H110Cl3F6N13O10S2. The summed E-state index contributed by atoms with van der Waals surface area (Å²) in [4.78, 5) is 80.8. The second-order valence-electron chi connectivity index (χ2n) is 34.6. The molecule has 670 valence electrons. The third-order valence-corrected chi connectivity index (χ3v) is 31.7. The molecule has 4 amide bonds. The van der Waals surface area contributed by atoms with Crippen molar-refractivity contribution < 1.29 is 73.7 Å². The molecule has 9 aliphatic rings. The number of amides is 4. The Kier molecular flexibility index (Phi) is 26.9. The number of Topliss-reactive ketones (excluding diaryl/α,β-unsaturated/α-hetero) is 1. The van der Waals surface area contributed by atoms with Gasteiger partial charge in [0.25, 0.3) is 23.6 Å². The summed E-state index contributed by atoms with van der Waals surface area (Å²) in [5.74, 6) is -4.73. The van der Waals surface area contributed by atoms with E-state index in [1.165, 1.54) is 71.1 Å². The highest BCUT2D eigenvalue weighted by atomic mass is 35.5. The van der Waals surface area contributed by atoms with Crippen LogP contribution < -0.4 is 4.72 Å². The van der Waals surface area contributed by atoms with Crippen molar-refractivity contribution in [1.82, 2.24) is 62.2 Å². The summed E-state index contributed by atoms with van der Waals surface area (Å²) in [5, 5.41) is 11.4. The number of sulfone groups is 1. The lowest BCUT2D eigenvalue weighted by molar-refractivity contribution is -0.144. The van der Waals surface area contributed by atoms with Gasteiger partial charge < -0.3 is 43.0 Å². The number of fused-ring (bicyclic) bond motifs is 8. The molecule has 0 radical (unpaired) electrons. The number of rotatable bonds is 15. The summed E-state index contributed by atoms with van der Waals surface area (Å²) in [6.07, 6.45) is 7.66. The van der Waals surface area contributed by atoms with Crippen LogP contribution in [0.3, 0.4) is 0 Å². The van der Waals surface area contributed by atoms with Gasteiger partial charge in [0.2, 0.25) is 19.9 Å². The average molecular weight is 1820 g/mol. The van der Waals surface area contributed by atoms with Gasteiger partial charge in [0.05, 0.1) is 48.4 Å². The zero-order valence-electron chi connectivity index (χ0n) is 70.9. The maximum absolute atomic E-state index is 14.8. The molecule has 4 spiro atoms. The van der Waals surface area contributed by atoms with Crippen molar-refractivity contribution in [2.45, 2.75) is 181 Å². The van der Waals surface area contributed by atoms with Crippen LogP contribution in [0.5, 0.6) is 5.75 Å². The molecule has 34 heteroatoms. The molecule has 0 atom stereocenters. The number of phenolic OH excluding ortho intramolecular Hbond substituents is 1. The first kappa shape index (κ1) is 91.7. The molecule has 5 fully saturated rings. The fourth-order valence-electron chi connectivity index (χ4n) is 19.8. The van der Waals surface area contributed by atoms with Crippen LogP contribution in [0.4, 0.5) is 26.3 Å². The Labute approximate surface area is 737 Å². The molecule has 4 aromatic heterocycles. The minimum atomic E-state index is -4.79. The van der Waals surface area contributed by atoms with Crippen LogP contribution >= 0.6 is 34.8 Å². The lowest BCUT2D eigenvalue weighted by Gasteiger charge is -2.50. The maximum Gasteiger partial charge on any atom is 0.431 e. The monoisotopic (exact) mass is 1820 g/mol. The Morgan fingerprint density at radius 3 is 1.26 bits per heavy atom. The van der Waals surface area contributed by atoms with Gasteiger partial charge in [-0.25, -0.2) is 25.9 Å². The Balaban J connectivity index is 0.000000143. The smallest absolute Gasteiger partial charge is 0.431 e. The molecule has 2 N–H and O–H groups in total. The number of aryl methyl sites for hydroxylation is 1. The summed E-state index contributed by atoms with van der Waals surface area (Å²) >= 11 is 18.8. The number of sulfonamides is 1. The predicted octanol–water partition coefficient (Wildman–Crippen LogP) is 15.3. The topological polar surface area (TPSA) is 232 Å². The molecule has 124 heavy (non-hydrogen) atoms. The van der Waals surface area contributed by atoms with Gasteiger partial charge >= 0.3 is 11.9 Å². The summed E-state index contributed by atoms with van der Waals surface area (Å²) < 4.78 is 138. The number of aromatic nitrogens is 4. The molecule has 8 aliphatic heterocycles. The van der Waals surface area contributed by atoms with Crippen LogP contribution in [0.25, 0.3) is 0 Å². The molecular weight excluding hydrogens is 1710 g/mol. The Hall–Kier alpha value is -8.50. The van der Waals surface area contributed by atoms with Crippen molar-refractivity contribution >= 4 is 84.1 Å². The van der Waals surface area contributed by atoms with Crippen molar-refractivity contribution in [3.63, 3.8) is 0 Å². The number of piperidine rings is 4. The van der Waals surface area contributed by atoms with Crippen molar-refractivity contribution in [2.75, 3.05) is 113 Å². The van der Waals surface area contributed by atoms with Gasteiger partial charge in [-0.05, 0) is 226 Å². The quantitative estimate of drug-likeness (QED) is 0.0552. The van der Waals surface area contributed by atoms with Crippen LogP contribution in [0.1, 0.15) is 192 Å². The largest absolute Gasteiger partial charge is 0.506 e. The highest BCUT2D eigenvalue weighted by Crippen LogP contribution is 2.51. The minimum Gasteiger partial charge on any atom is -0.506 e. The van der Waals surface area contributed by atoms with Crippen molar-refractivity contribution in [1.29, 1.82) is 0 Å². The number of hydrogen-bond donors (Lipinski definition) is 2. The molecule has 4 aromatic carbocycles. The van der Waals surface area contributed by atoms with Crippen molar-refractivity contribution in [2.24, 2.45) is 5.41 Å². The fraction of sp³-hybridized carbons (Fsp3) is 0.500. The zero-order chi connectivity index (χ0) is 89.0. The summed E-state index contributed by atoms with van der Waals surface area (Å²) in [5.41, 5.74) is 5.25. The molecule has 0 bridgehead atoms. The number of likely N-dealkylation sites (N-methyl/N-ethyl adjacent to an activating group) is 4. The molecule has 0 unspecified atom stereocenters. The van der Waals surface area contributed by atoms with E-state index in [2.05, 4.69) is 98.4 Å². The molecule has 12 heterocycles. The lowest BCUT2D eigenvalue weighted by Crippen LogP contribution is -2.57. The van der Waals surface area contributed by atoms with Crippen LogP contribution in [-0.2, 0) is 80.8 Å². The lowest BCUT2D eigenvalue weighted by atomic mass is 9.81. The summed E-state index contributed by atoms with van der Waals surface area (Å²) in [6.45, 7) is 16.4. The standard InChI is InChI=1S/C24H28ClN3O3.C24H32ClN3O.C21H27ClN4O3S.C21H21F6N3O3S.H2/c1-23(7-8-23)21(30)18-4-6-20-24(26(2)13-14-28(18)20)9-11-27(12-10-24)22(31)16-3-5-19(29)17(25)15-16;1-3-4-5-6-19-7-9-20(10-8-19)23(29)27-15-13-24(14-16-27)21-11-12-22(25)28(21)18-17-26(24)2;1-3-23-30(28,29)17-6-4-16(5-7-17)20(27)25-12-10-21(11-13-25)18-8-9-19(22)26(18)15-14-24(21)2;1-28-10-11-30-16(21(25,26)27)12-15(22)17(30)20(28)6-8-29(9-7-20)18(31)13-2-4-14(5-3-13)34(32,33)19(23)24;/h3-6,15,29H,7-14H2,1-2H3;7-12H,3-6,13-18H2,1-2H3;4-9,23H,3,10-15H2,1-2H3;2-5,12,19H,6-11H2,1H3;1H. The molecule has 1 saturated carbocycles. The number of halogens is 9. The first-order chi connectivity index (χ1) is 58.9. The Morgan fingerprint density at radius 2 is 0.847 bits per heavy atom.